The largest absolute Gasteiger partial charge is 0.493 e. The maximum absolute atomic E-state index is 5.48. The first kappa shape index (κ1) is 19.6. The molecule has 4 rings (SSSR count). The number of hydrogen-bond acceptors (Lipinski definition) is 6. The zero-order valence-corrected chi connectivity index (χ0v) is 17.2. The molecule has 30 heavy (non-hydrogen) atoms. The molecule has 0 radical (unpaired) electrons. The molecule has 0 unspecified atom stereocenters. The van der Waals surface area contributed by atoms with E-state index >= 15 is 0 Å². The van der Waals surface area contributed by atoms with Crippen LogP contribution in [0.25, 0.3) is 22.3 Å². The van der Waals surface area contributed by atoms with Gasteiger partial charge in [0, 0.05) is 47.5 Å². The average Bonchev–Trinajstić information content (AvgIpc) is 3.24. The van der Waals surface area contributed by atoms with E-state index in [-0.39, 0.29) is 0 Å². The molecule has 1 aromatic carbocycles. The van der Waals surface area contributed by atoms with Crippen molar-refractivity contribution in [3.63, 3.8) is 0 Å². The van der Waals surface area contributed by atoms with Gasteiger partial charge in [0.15, 0.2) is 11.5 Å². The van der Waals surface area contributed by atoms with Crippen LogP contribution < -0.4 is 19.5 Å². The van der Waals surface area contributed by atoms with Gasteiger partial charge in [-0.05, 0) is 42.3 Å². The van der Waals surface area contributed by atoms with Crippen molar-refractivity contribution in [2.45, 2.75) is 6.42 Å². The summed E-state index contributed by atoms with van der Waals surface area (Å²) in [6.07, 6.45) is 6.36. The molecular weight excluding hydrogens is 380 g/mol. The molecule has 2 N–H and O–H groups in total. The summed E-state index contributed by atoms with van der Waals surface area (Å²) in [5.74, 6) is 1.78. The van der Waals surface area contributed by atoms with E-state index in [2.05, 4.69) is 32.4 Å². The molecule has 0 amide bonds. The number of aromatic amines is 1. The second-order valence-corrected chi connectivity index (χ2v) is 6.76. The topological polar surface area (TPSA) is 81.3 Å². The highest BCUT2D eigenvalue weighted by molar-refractivity contribution is 5.93. The molecule has 0 bridgehead atoms. The molecule has 0 saturated heterocycles. The highest BCUT2D eigenvalue weighted by Crippen LogP contribution is 2.41. The van der Waals surface area contributed by atoms with Crippen molar-refractivity contribution in [3.05, 3.63) is 60.6 Å². The predicted molar refractivity (Wildman–Crippen MR) is 118 cm³/mol. The van der Waals surface area contributed by atoms with E-state index in [1.807, 2.05) is 30.5 Å². The Balaban J connectivity index is 1.63. The van der Waals surface area contributed by atoms with Crippen molar-refractivity contribution in [3.8, 4) is 28.5 Å². The van der Waals surface area contributed by atoms with Crippen LogP contribution in [0, 0.1) is 0 Å². The van der Waals surface area contributed by atoms with Crippen LogP contribution in [0.2, 0.25) is 0 Å². The Labute approximate surface area is 175 Å². The lowest BCUT2D eigenvalue weighted by molar-refractivity contribution is 0.324. The van der Waals surface area contributed by atoms with Crippen LogP contribution in [0.4, 0.5) is 5.69 Å². The number of nitrogens with zero attached hydrogens (tertiary/aromatic N) is 2. The predicted octanol–water partition coefficient (Wildman–Crippen LogP) is 4.31. The van der Waals surface area contributed by atoms with Crippen LogP contribution in [-0.4, -0.2) is 42.8 Å². The minimum absolute atomic E-state index is 0.566. The number of rotatable bonds is 8. The standard InChI is InChI=1S/C23H24N4O3/c1-28-20-11-16(12-21(29-2)22(20)30-3)19-13-17-18(7-10-26-23(17)27-19)25-9-6-15-5-4-8-24-14-15/h4-5,7-8,10-14H,6,9H2,1-3H3,(H2,25,26,27). The number of H-pyrrole nitrogens is 1. The SMILES string of the molecule is COc1cc(-c2cc3c(NCCc4cccnc4)ccnc3[nH]2)cc(OC)c1OC. The Morgan fingerprint density at radius 1 is 0.967 bits per heavy atom. The minimum atomic E-state index is 0.566. The van der Waals surface area contributed by atoms with Gasteiger partial charge in [-0.1, -0.05) is 6.07 Å². The molecule has 3 aromatic heterocycles. The first-order chi connectivity index (χ1) is 14.7. The normalized spacial score (nSPS) is 10.8. The van der Waals surface area contributed by atoms with Gasteiger partial charge in [-0.25, -0.2) is 4.98 Å². The van der Waals surface area contributed by atoms with Gasteiger partial charge in [0.25, 0.3) is 0 Å². The zero-order valence-electron chi connectivity index (χ0n) is 17.2. The van der Waals surface area contributed by atoms with Crippen LogP contribution in [0.1, 0.15) is 5.56 Å². The van der Waals surface area contributed by atoms with Gasteiger partial charge in [0.2, 0.25) is 5.75 Å². The molecule has 0 aliphatic carbocycles. The lowest BCUT2D eigenvalue weighted by Crippen LogP contribution is -2.05. The van der Waals surface area contributed by atoms with E-state index in [9.17, 15) is 0 Å². The summed E-state index contributed by atoms with van der Waals surface area (Å²) in [7, 11) is 4.81. The van der Waals surface area contributed by atoms with Crippen molar-refractivity contribution in [2.24, 2.45) is 0 Å². The van der Waals surface area contributed by atoms with Gasteiger partial charge < -0.3 is 24.5 Å². The molecular formula is C23H24N4O3. The maximum Gasteiger partial charge on any atom is 0.203 e. The van der Waals surface area contributed by atoms with Crippen LogP contribution >= 0.6 is 0 Å². The van der Waals surface area contributed by atoms with Gasteiger partial charge in [-0.15, -0.1) is 0 Å². The fourth-order valence-electron chi connectivity index (χ4n) is 3.46. The quantitative estimate of drug-likeness (QED) is 0.456. The monoisotopic (exact) mass is 404 g/mol. The number of hydrogen-bond donors (Lipinski definition) is 2. The third kappa shape index (κ3) is 3.87. The number of anilines is 1. The third-order valence-electron chi connectivity index (χ3n) is 4.96. The molecule has 0 aliphatic rings. The van der Waals surface area contributed by atoms with Crippen molar-refractivity contribution in [1.82, 2.24) is 15.0 Å². The molecule has 0 fully saturated rings. The average molecular weight is 404 g/mol. The van der Waals surface area contributed by atoms with Crippen LogP contribution in [0.5, 0.6) is 17.2 Å². The summed E-state index contributed by atoms with van der Waals surface area (Å²) in [5, 5.41) is 4.53. The first-order valence-corrected chi connectivity index (χ1v) is 9.64. The van der Waals surface area contributed by atoms with Crippen molar-refractivity contribution in [1.29, 1.82) is 0 Å². The minimum Gasteiger partial charge on any atom is -0.493 e. The van der Waals surface area contributed by atoms with Gasteiger partial charge in [-0.2, -0.15) is 0 Å². The van der Waals surface area contributed by atoms with E-state index in [1.165, 1.54) is 5.56 Å². The zero-order chi connectivity index (χ0) is 20.9. The second-order valence-electron chi connectivity index (χ2n) is 6.76. The summed E-state index contributed by atoms with van der Waals surface area (Å²) in [6, 6.07) is 11.9. The Kier molecular flexibility index (Phi) is 5.70. The maximum atomic E-state index is 5.48. The van der Waals surface area contributed by atoms with Crippen LogP contribution in [0.3, 0.4) is 0 Å². The summed E-state index contributed by atoms with van der Waals surface area (Å²) >= 11 is 0. The number of fused-ring (bicyclic) bond motifs is 1. The van der Waals surface area contributed by atoms with Gasteiger partial charge in [0.05, 0.1) is 21.3 Å². The van der Waals surface area contributed by atoms with Crippen LogP contribution in [0.15, 0.2) is 55.0 Å². The van der Waals surface area contributed by atoms with Gasteiger partial charge >= 0.3 is 0 Å². The Morgan fingerprint density at radius 2 is 1.77 bits per heavy atom. The van der Waals surface area contributed by atoms with Gasteiger partial charge in [0.1, 0.15) is 5.65 Å². The fraction of sp³-hybridized carbons (Fsp3) is 0.217. The summed E-state index contributed by atoms with van der Waals surface area (Å²) in [4.78, 5) is 12.0. The summed E-state index contributed by atoms with van der Waals surface area (Å²) in [6.45, 7) is 0.801. The number of aromatic nitrogens is 3. The lowest BCUT2D eigenvalue weighted by atomic mass is 10.1. The molecule has 7 heteroatoms. The third-order valence-corrected chi connectivity index (χ3v) is 4.96. The number of pyridine rings is 2. The first-order valence-electron chi connectivity index (χ1n) is 9.64. The van der Waals surface area contributed by atoms with E-state index < -0.39 is 0 Å². The Hall–Kier alpha value is -3.74. The molecule has 3 heterocycles. The molecule has 4 aromatic rings. The molecule has 0 aliphatic heterocycles. The van der Waals surface area contributed by atoms with Gasteiger partial charge in [-0.3, -0.25) is 4.98 Å². The Bertz CT molecular complexity index is 1120. The fourth-order valence-corrected chi connectivity index (χ4v) is 3.46. The molecule has 0 spiro atoms. The number of ether oxygens (including phenoxy) is 3. The summed E-state index contributed by atoms with van der Waals surface area (Å²) in [5.41, 5.74) is 4.87. The summed E-state index contributed by atoms with van der Waals surface area (Å²) < 4.78 is 16.4. The van der Waals surface area contributed by atoms with Crippen molar-refractivity contribution >= 4 is 16.7 Å². The number of benzene rings is 1. The molecule has 7 nitrogen and oxygen atoms in total. The van der Waals surface area contributed by atoms with E-state index in [0.717, 1.165) is 40.9 Å². The highest BCUT2D eigenvalue weighted by atomic mass is 16.5. The van der Waals surface area contributed by atoms with Crippen molar-refractivity contribution in [2.75, 3.05) is 33.2 Å². The Morgan fingerprint density at radius 3 is 2.43 bits per heavy atom. The number of nitrogens with one attached hydrogen (secondary N) is 2. The number of methoxy groups -OCH3 is 3. The molecule has 0 atom stereocenters. The molecule has 154 valence electrons. The second kappa shape index (κ2) is 8.73. The smallest absolute Gasteiger partial charge is 0.203 e. The highest BCUT2D eigenvalue weighted by Gasteiger charge is 2.16. The van der Waals surface area contributed by atoms with E-state index in [1.54, 1.807) is 33.7 Å². The van der Waals surface area contributed by atoms with E-state index in [0.29, 0.717) is 17.2 Å². The van der Waals surface area contributed by atoms with Crippen molar-refractivity contribution < 1.29 is 14.2 Å². The van der Waals surface area contributed by atoms with E-state index in [4.69, 9.17) is 14.2 Å². The van der Waals surface area contributed by atoms with Crippen LogP contribution in [-0.2, 0) is 6.42 Å². The lowest BCUT2D eigenvalue weighted by Gasteiger charge is -2.13. The molecule has 0 saturated carbocycles.